The van der Waals surface area contributed by atoms with Gasteiger partial charge in [-0.3, -0.25) is 9.69 Å². The monoisotopic (exact) mass is 356 g/mol. The van der Waals surface area contributed by atoms with Crippen molar-refractivity contribution in [3.63, 3.8) is 0 Å². The molecule has 1 aliphatic rings. The van der Waals surface area contributed by atoms with E-state index in [1.807, 2.05) is 37.3 Å². The Kier molecular flexibility index (Phi) is 6.01. The lowest BCUT2D eigenvalue weighted by molar-refractivity contribution is -0.122. The van der Waals surface area contributed by atoms with Crippen LogP contribution in [-0.4, -0.2) is 35.1 Å². The van der Waals surface area contributed by atoms with Crippen LogP contribution in [-0.2, 0) is 4.79 Å². The molecule has 0 radical (unpaired) electrons. The fraction of sp³-hybridized carbons (Fsp3) is 0.381. The molecule has 0 saturated carbocycles. The highest BCUT2D eigenvalue weighted by Gasteiger charge is 2.32. The molecule has 26 heavy (non-hydrogen) atoms. The van der Waals surface area contributed by atoms with Crippen LogP contribution >= 0.6 is 0 Å². The Morgan fingerprint density at radius 2 is 1.73 bits per heavy atom. The van der Waals surface area contributed by atoms with Crippen molar-refractivity contribution in [2.24, 2.45) is 5.92 Å². The minimum atomic E-state index is -0.406. The van der Waals surface area contributed by atoms with Gasteiger partial charge in [-0.25, -0.2) is 4.39 Å². The average Bonchev–Trinajstić information content (AvgIpc) is 2.65. The molecule has 0 bridgehead atoms. The third-order valence-corrected chi connectivity index (χ3v) is 5.10. The van der Waals surface area contributed by atoms with Crippen LogP contribution in [0.4, 0.5) is 10.1 Å². The Morgan fingerprint density at radius 1 is 1.12 bits per heavy atom. The molecule has 1 heterocycles. The molecule has 2 aromatic rings. The Morgan fingerprint density at radius 3 is 2.31 bits per heavy atom. The summed E-state index contributed by atoms with van der Waals surface area (Å²) >= 11 is 0. The van der Waals surface area contributed by atoms with Gasteiger partial charge in [0, 0.05) is 5.69 Å². The molecule has 1 aliphatic heterocycles. The lowest BCUT2D eigenvalue weighted by Gasteiger charge is -2.37. The van der Waals surface area contributed by atoms with Crippen molar-refractivity contribution in [3.05, 3.63) is 66.0 Å². The Labute approximate surface area is 153 Å². The largest absolute Gasteiger partial charge is 0.393 e. The first-order valence-electron chi connectivity index (χ1n) is 9.08. The van der Waals surface area contributed by atoms with Crippen LogP contribution in [0.5, 0.6) is 0 Å². The fourth-order valence-electron chi connectivity index (χ4n) is 3.57. The first-order chi connectivity index (χ1) is 12.5. The van der Waals surface area contributed by atoms with E-state index in [4.69, 9.17) is 0 Å². The van der Waals surface area contributed by atoms with Crippen LogP contribution in [0.25, 0.3) is 0 Å². The topological polar surface area (TPSA) is 52.6 Å². The van der Waals surface area contributed by atoms with Crippen molar-refractivity contribution in [1.29, 1.82) is 0 Å². The van der Waals surface area contributed by atoms with E-state index in [-0.39, 0.29) is 23.7 Å². The lowest BCUT2D eigenvalue weighted by atomic mass is 9.90. The van der Waals surface area contributed by atoms with Gasteiger partial charge in [0.1, 0.15) is 11.9 Å². The van der Waals surface area contributed by atoms with Crippen molar-refractivity contribution in [2.45, 2.75) is 31.9 Å². The number of amides is 1. The van der Waals surface area contributed by atoms with Crippen LogP contribution in [0.15, 0.2) is 54.6 Å². The molecule has 2 aromatic carbocycles. The number of hydrogen-bond donors (Lipinski definition) is 2. The normalized spacial score (nSPS) is 18.3. The number of hydrogen-bond acceptors (Lipinski definition) is 3. The summed E-state index contributed by atoms with van der Waals surface area (Å²) in [5.74, 6) is -0.177. The van der Waals surface area contributed by atoms with Crippen LogP contribution in [0, 0.1) is 11.7 Å². The fourth-order valence-corrected chi connectivity index (χ4v) is 3.57. The number of carbonyl (C=O) groups excluding carboxylic acids is 1. The third kappa shape index (κ3) is 4.48. The van der Waals surface area contributed by atoms with E-state index in [0.29, 0.717) is 5.69 Å². The highest BCUT2D eigenvalue weighted by molar-refractivity contribution is 5.95. The van der Waals surface area contributed by atoms with Gasteiger partial charge in [-0.15, -0.1) is 0 Å². The van der Waals surface area contributed by atoms with Gasteiger partial charge in [0.15, 0.2) is 0 Å². The van der Waals surface area contributed by atoms with E-state index in [0.717, 1.165) is 31.5 Å². The van der Waals surface area contributed by atoms with Crippen molar-refractivity contribution in [2.75, 3.05) is 18.4 Å². The SMILES string of the molecule is C[C@@H](O)C1CCN([C@H](C(=O)Nc2ccc(F)cc2)c2ccccc2)CC1. The summed E-state index contributed by atoms with van der Waals surface area (Å²) in [6, 6.07) is 15.1. The van der Waals surface area contributed by atoms with E-state index >= 15 is 0 Å². The number of nitrogens with one attached hydrogen (secondary N) is 1. The van der Waals surface area contributed by atoms with E-state index < -0.39 is 6.04 Å². The molecular weight excluding hydrogens is 331 g/mol. The Balaban J connectivity index is 1.78. The maximum Gasteiger partial charge on any atom is 0.246 e. The van der Waals surface area contributed by atoms with Gasteiger partial charge in [-0.1, -0.05) is 30.3 Å². The van der Waals surface area contributed by atoms with Crippen LogP contribution in [0.3, 0.4) is 0 Å². The second-order valence-corrected chi connectivity index (χ2v) is 6.92. The zero-order chi connectivity index (χ0) is 18.5. The molecule has 1 fully saturated rings. The minimum absolute atomic E-state index is 0.127. The molecule has 2 atom stereocenters. The molecule has 5 heteroatoms. The van der Waals surface area contributed by atoms with Crippen LogP contribution < -0.4 is 5.32 Å². The number of aliphatic hydroxyl groups excluding tert-OH is 1. The number of halogens is 1. The molecule has 0 aliphatic carbocycles. The van der Waals surface area contributed by atoms with Gasteiger partial charge >= 0.3 is 0 Å². The maximum absolute atomic E-state index is 13.1. The molecule has 2 N–H and O–H groups in total. The van der Waals surface area contributed by atoms with Crippen molar-refractivity contribution in [3.8, 4) is 0 Å². The molecule has 0 aromatic heterocycles. The summed E-state index contributed by atoms with van der Waals surface area (Å²) < 4.78 is 13.1. The summed E-state index contributed by atoms with van der Waals surface area (Å²) in [7, 11) is 0. The summed E-state index contributed by atoms with van der Waals surface area (Å²) in [6.45, 7) is 3.34. The Hall–Kier alpha value is -2.24. The number of rotatable bonds is 5. The zero-order valence-electron chi connectivity index (χ0n) is 14.9. The van der Waals surface area contributed by atoms with Gasteiger partial charge in [0.25, 0.3) is 0 Å². The molecule has 1 amide bonds. The van der Waals surface area contributed by atoms with E-state index in [1.165, 1.54) is 12.1 Å². The maximum atomic E-state index is 13.1. The van der Waals surface area contributed by atoms with Gasteiger partial charge in [0.05, 0.1) is 6.10 Å². The molecule has 0 unspecified atom stereocenters. The molecule has 4 nitrogen and oxygen atoms in total. The quantitative estimate of drug-likeness (QED) is 0.861. The second kappa shape index (κ2) is 8.43. The Bertz CT molecular complexity index is 711. The van der Waals surface area contributed by atoms with Crippen LogP contribution in [0.2, 0.25) is 0 Å². The first-order valence-corrected chi connectivity index (χ1v) is 9.08. The number of likely N-dealkylation sites (tertiary alicyclic amines) is 1. The first kappa shape index (κ1) is 18.5. The van der Waals surface area contributed by atoms with Gasteiger partial charge in [0.2, 0.25) is 5.91 Å². The number of piperidine rings is 1. The summed E-state index contributed by atoms with van der Waals surface area (Å²) in [4.78, 5) is 15.2. The highest BCUT2D eigenvalue weighted by atomic mass is 19.1. The number of nitrogens with zero attached hydrogens (tertiary/aromatic N) is 1. The summed E-state index contributed by atoms with van der Waals surface area (Å²) in [5, 5.41) is 12.7. The molecular formula is C21H25FN2O2. The average molecular weight is 356 g/mol. The van der Waals surface area contributed by atoms with E-state index in [1.54, 1.807) is 12.1 Å². The van der Waals surface area contributed by atoms with E-state index in [2.05, 4.69) is 10.2 Å². The highest BCUT2D eigenvalue weighted by Crippen LogP contribution is 2.29. The number of anilines is 1. The van der Waals surface area contributed by atoms with Gasteiger partial charge in [-0.2, -0.15) is 0 Å². The molecule has 1 saturated heterocycles. The minimum Gasteiger partial charge on any atom is -0.393 e. The van der Waals surface area contributed by atoms with Gasteiger partial charge < -0.3 is 10.4 Å². The number of aliphatic hydroxyl groups is 1. The zero-order valence-corrected chi connectivity index (χ0v) is 14.9. The third-order valence-electron chi connectivity index (χ3n) is 5.10. The predicted octanol–water partition coefficient (Wildman–Crippen LogP) is 3.60. The lowest BCUT2D eigenvalue weighted by Crippen LogP contribution is -2.43. The van der Waals surface area contributed by atoms with Crippen molar-refractivity contribution >= 4 is 11.6 Å². The molecule has 0 spiro atoms. The molecule has 138 valence electrons. The van der Waals surface area contributed by atoms with E-state index in [9.17, 15) is 14.3 Å². The van der Waals surface area contributed by atoms with Crippen molar-refractivity contribution < 1.29 is 14.3 Å². The predicted molar refractivity (Wildman–Crippen MR) is 100 cm³/mol. The van der Waals surface area contributed by atoms with Gasteiger partial charge in [-0.05, 0) is 68.6 Å². The second-order valence-electron chi connectivity index (χ2n) is 6.92. The van der Waals surface area contributed by atoms with Crippen LogP contribution in [0.1, 0.15) is 31.4 Å². The summed E-state index contributed by atoms with van der Waals surface area (Å²) in [6.07, 6.45) is 1.41. The molecule has 3 rings (SSSR count). The summed E-state index contributed by atoms with van der Waals surface area (Å²) in [5.41, 5.74) is 1.51. The smallest absolute Gasteiger partial charge is 0.246 e. The number of carbonyl (C=O) groups is 1. The van der Waals surface area contributed by atoms with Crippen molar-refractivity contribution in [1.82, 2.24) is 4.90 Å². The number of benzene rings is 2. The standard InChI is InChI=1S/C21H25FN2O2/c1-15(25)16-11-13-24(14-12-16)20(17-5-3-2-4-6-17)21(26)23-19-9-7-18(22)8-10-19/h2-10,15-16,20,25H,11-14H2,1H3,(H,23,26)/t15-,20+/m1/s1.